The molecule has 0 fully saturated rings. The van der Waals surface area contributed by atoms with E-state index in [1.54, 1.807) is 35.3 Å². The van der Waals surface area contributed by atoms with Crippen molar-refractivity contribution in [2.24, 2.45) is 0 Å². The van der Waals surface area contributed by atoms with Gasteiger partial charge in [0.15, 0.2) is 0 Å². The minimum absolute atomic E-state index is 0.0206. The van der Waals surface area contributed by atoms with Gasteiger partial charge in [-0.1, -0.05) is 61.0 Å². The van der Waals surface area contributed by atoms with Crippen molar-refractivity contribution in [3.63, 3.8) is 0 Å². The molecule has 188 valence electrons. The van der Waals surface area contributed by atoms with Crippen LogP contribution in [0.1, 0.15) is 51.5 Å². The van der Waals surface area contributed by atoms with Crippen molar-refractivity contribution in [1.82, 2.24) is 14.9 Å². The fourth-order valence-corrected chi connectivity index (χ4v) is 4.41. The van der Waals surface area contributed by atoms with E-state index in [1.165, 1.54) is 0 Å². The van der Waals surface area contributed by atoms with Crippen molar-refractivity contribution in [2.75, 3.05) is 6.54 Å². The van der Waals surface area contributed by atoms with E-state index in [9.17, 15) is 9.59 Å². The van der Waals surface area contributed by atoms with Crippen molar-refractivity contribution in [3.8, 4) is 0 Å². The van der Waals surface area contributed by atoms with Gasteiger partial charge in [-0.15, -0.1) is 0 Å². The van der Waals surface area contributed by atoms with Crippen LogP contribution in [-0.4, -0.2) is 22.0 Å². The highest BCUT2D eigenvalue weighted by Gasteiger charge is 2.11. The zero-order valence-electron chi connectivity index (χ0n) is 21.1. The minimum Gasteiger partial charge on any atom is -0.348 e. The Kier molecular flexibility index (Phi) is 8.70. The van der Waals surface area contributed by atoms with Gasteiger partial charge in [0.25, 0.3) is 11.5 Å². The van der Waals surface area contributed by atoms with Crippen LogP contribution in [0.3, 0.4) is 0 Å². The van der Waals surface area contributed by atoms with Crippen LogP contribution in [0.5, 0.6) is 0 Å². The summed E-state index contributed by atoms with van der Waals surface area (Å²) >= 11 is 6.22. The van der Waals surface area contributed by atoms with Crippen LogP contribution in [0.15, 0.2) is 96.2 Å². The Labute approximate surface area is 222 Å². The molecule has 2 aromatic heterocycles. The number of aryl methyl sites for hydroxylation is 1. The molecule has 37 heavy (non-hydrogen) atoms. The normalized spacial score (nSPS) is 11.4. The molecule has 0 aliphatic carbocycles. The highest BCUT2D eigenvalue weighted by atomic mass is 35.5. The van der Waals surface area contributed by atoms with E-state index in [0.717, 1.165) is 39.8 Å². The van der Waals surface area contributed by atoms with Crippen LogP contribution in [0, 0.1) is 6.92 Å². The number of carbonyl (C=O) groups is 1. The molecule has 1 amide bonds. The molecular formula is C31H30ClN3O2. The molecule has 4 aromatic rings. The first-order valence-electron chi connectivity index (χ1n) is 12.3. The number of carbonyl (C=O) groups excluding carboxylic acids is 1. The maximum absolute atomic E-state index is 13.0. The molecule has 5 nitrogen and oxygen atoms in total. The van der Waals surface area contributed by atoms with Crippen LogP contribution in [0.25, 0.3) is 5.57 Å². The van der Waals surface area contributed by atoms with Crippen LogP contribution in [0.4, 0.5) is 0 Å². The second-order valence-corrected chi connectivity index (χ2v) is 9.46. The summed E-state index contributed by atoms with van der Waals surface area (Å²) in [6, 6.07) is 21.0. The molecule has 4 rings (SSSR count). The zero-order chi connectivity index (χ0) is 26.2. The summed E-state index contributed by atoms with van der Waals surface area (Å²) in [6.07, 6.45) is 8.79. The minimum atomic E-state index is -0.167. The maximum atomic E-state index is 13.0. The number of nitrogens with zero attached hydrogens (tertiary/aromatic N) is 2. The highest BCUT2D eigenvalue weighted by molar-refractivity contribution is 6.30. The van der Waals surface area contributed by atoms with Crippen molar-refractivity contribution in [1.29, 1.82) is 0 Å². The van der Waals surface area contributed by atoms with Gasteiger partial charge in [-0.2, -0.15) is 0 Å². The molecule has 6 heteroatoms. The molecule has 1 N–H and O–H groups in total. The number of benzene rings is 2. The summed E-state index contributed by atoms with van der Waals surface area (Å²) in [7, 11) is 0. The summed E-state index contributed by atoms with van der Waals surface area (Å²) in [5, 5.41) is 3.71. The monoisotopic (exact) mass is 511 g/mol. The first-order chi connectivity index (χ1) is 17.9. The lowest BCUT2D eigenvalue weighted by Gasteiger charge is -2.13. The first-order valence-corrected chi connectivity index (χ1v) is 12.7. The number of halogens is 1. The molecule has 2 heterocycles. The van der Waals surface area contributed by atoms with Crippen molar-refractivity contribution < 1.29 is 4.79 Å². The molecule has 0 aliphatic rings. The SMILES string of the molecule is CC/C=C(/CNC(=O)c1cncc(Cc2ccc(Cn3ccccc3=O)cc2)c1)c1cc(Cl)ccc1C. The average Bonchev–Trinajstić information content (AvgIpc) is 2.90. The molecule has 2 aromatic carbocycles. The van der Waals surface area contributed by atoms with E-state index >= 15 is 0 Å². The van der Waals surface area contributed by atoms with Crippen LogP contribution in [0.2, 0.25) is 5.02 Å². The molecule has 0 radical (unpaired) electrons. The number of hydrogen-bond donors (Lipinski definition) is 1. The Morgan fingerprint density at radius 3 is 2.54 bits per heavy atom. The Balaban J connectivity index is 1.40. The van der Waals surface area contributed by atoms with Crippen LogP contribution in [-0.2, 0) is 13.0 Å². The molecular weight excluding hydrogens is 482 g/mol. The van der Waals surface area contributed by atoms with E-state index in [1.807, 2.05) is 61.5 Å². The van der Waals surface area contributed by atoms with E-state index in [-0.39, 0.29) is 11.5 Å². The van der Waals surface area contributed by atoms with Gasteiger partial charge in [-0.25, -0.2) is 0 Å². The lowest BCUT2D eigenvalue weighted by atomic mass is 9.99. The lowest BCUT2D eigenvalue weighted by Crippen LogP contribution is -2.25. The predicted molar refractivity (Wildman–Crippen MR) is 150 cm³/mol. The topological polar surface area (TPSA) is 64.0 Å². The van der Waals surface area contributed by atoms with Gasteiger partial charge in [-0.05, 0) is 77.4 Å². The van der Waals surface area contributed by atoms with E-state index in [4.69, 9.17) is 11.6 Å². The van der Waals surface area contributed by atoms with Gasteiger partial charge in [0, 0.05) is 36.2 Å². The Morgan fingerprint density at radius 1 is 1.00 bits per heavy atom. The van der Waals surface area contributed by atoms with Gasteiger partial charge in [0.05, 0.1) is 12.1 Å². The summed E-state index contributed by atoms with van der Waals surface area (Å²) in [6.45, 7) is 5.05. The highest BCUT2D eigenvalue weighted by Crippen LogP contribution is 2.23. The molecule has 0 atom stereocenters. The fraction of sp³-hybridized carbons (Fsp3) is 0.194. The summed E-state index contributed by atoms with van der Waals surface area (Å²) in [4.78, 5) is 29.2. The number of allylic oxidation sites excluding steroid dienone is 1. The summed E-state index contributed by atoms with van der Waals surface area (Å²) in [5.41, 5.74) is 6.81. The number of aromatic nitrogens is 2. The third-order valence-corrected chi connectivity index (χ3v) is 6.41. The van der Waals surface area contributed by atoms with Crippen LogP contribution < -0.4 is 10.9 Å². The number of pyridine rings is 2. The van der Waals surface area contributed by atoms with Gasteiger partial charge >= 0.3 is 0 Å². The molecule has 0 saturated carbocycles. The Morgan fingerprint density at radius 2 is 1.78 bits per heavy atom. The number of rotatable bonds is 9. The van der Waals surface area contributed by atoms with Gasteiger partial charge < -0.3 is 9.88 Å². The smallest absolute Gasteiger partial charge is 0.253 e. The molecule has 0 aliphatic heterocycles. The number of amides is 1. The molecule has 0 saturated heterocycles. The van der Waals surface area contributed by atoms with E-state index in [0.29, 0.717) is 30.1 Å². The predicted octanol–water partition coefficient (Wildman–Crippen LogP) is 6.07. The third-order valence-electron chi connectivity index (χ3n) is 6.18. The average molecular weight is 512 g/mol. The maximum Gasteiger partial charge on any atom is 0.253 e. The Bertz CT molecular complexity index is 1470. The largest absolute Gasteiger partial charge is 0.348 e. The van der Waals surface area contributed by atoms with Crippen molar-refractivity contribution in [3.05, 3.63) is 140 Å². The molecule has 0 spiro atoms. The molecule has 0 bridgehead atoms. The standard InChI is InChI=1S/C31H30ClN3O2/c1-3-6-26(29-17-28(32)13-8-22(29)2)20-34-31(37)27-16-25(18-33-19-27)15-23-9-11-24(12-10-23)21-35-14-5-4-7-30(35)36/h4-14,16-19H,3,15,20-21H2,1-2H3,(H,34,37)/b26-6-. The zero-order valence-corrected chi connectivity index (χ0v) is 21.8. The number of nitrogens with one attached hydrogen (secondary N) is 1. The first kappa shape index (κ1) is 26.1. The van der Waals surface area contributed by atoms with Crippen LogP contribution >= 0.6 is 11.6 Å². The quantitative estimate of drug-likeness (QED) is 0.297. The third kappa shape index (κ3) is 7.05. The fourth-order valence-electron chi connectivity index (χ4n) is 4.24. The van der Waals surface area contributed by atoms with E-state index in [2.05, 4.69) is 23.3 Å². The summed E-state index contributed by atoms with van der Waals surface area (Å²) < 4.78 is 1.68. The number of hydrogen-bond acceptors (Lipinski definition) is 3. The Hall–Kier alpha value is -3.96. The van der Waals surface area contributed by atoms with Crippen molar-refractivity contribution >= 4 is 23.1 Å². The van der Waals surface area contributed by atoms with Gasteiger partial charge in [0.2, 0.25) is 0 Å². The second kappa shape index (κ2) is 12.3. The van der Waals surface area contributed by atoms with E-state index < -0.39 is 0 Å². The second-order valence-electron chi connectivity index (χ2n) is 9.02. The van der Waals surface area contributed by atoms with Gasteiger partial charge in [0.1, 0.15) is 0 Å². The van der Waals surface area contributed by atoms with Crippen molar-refractivity contribution in [2.45, 2.75) is 33.2 Å². The van der Waals surface area contributed by atoms with Gasteiger partial charge in [-0.3, -0.25) is 14.6 Å². The summed E-state index contributed by atoms with van der Waals surface area (Å²) in [5.74, 6) is -0.167. The molecule has 0 unspecified atom stereocenters. The lowest BCUT2D eigenvalue weighted by molar-refractivity contribution is 0.0958.